The van der Waals surface area contributed by atoms with Gasteiger partial charge in [-0.25, -0.2) is 4.79 Å². The van der Waals surface area contributed by atoms with Gasteiger partial charge in [0, 0.05) is 35.2 Å². The average molecular weight is 471 g/mol. The highest BCUT2D eigenvalue weighted by Gasteiger charge is 2.37. The second-order valence-corrected chi connectivity index (χ2v) is 9.21. The second-order valence-electron chi connectivity index (χ2n) is 8.84. The van der Waals surface area contributed by atoms with E-state index in [0.29, 0.717) is 5.75 Å². The van der Waals surface area contributed by atoms with Gasteiger partial charge < -0.3 is 15.4 Å². The van der Waals surface area contributed by atoms with E-state index >= 15 is 0 Å². The van der Waals surface area contributed by atoms with Crippen LogP contribution in [0.3, 0.4) is 0 Å². The molecule has 1 heterocycles. The first-order chi connectivity index (χ1) is 16.5. The van der Waals surface area contributed by atoms with Crippen LogP contribution in [0.25, 0.3) is 22.0 Å². The third kappa shape index (κ3) is 4.21. The minimum absolute atomic E-state index is 0.0415. The van der Waals surface area contributed by atoms with Gasteiger partial charge in [-0.1, -0.05) is 66.7 Å². The maximum atomic E-state index is 13.2. The normalized spacial score (nSPS) is 16.3. The number of carbonyl (C=O) groups is 2. The van der Waals surface area contributed by atoms with Crippen molar-refractivity contribution in [1.29, 1.82) is 0 Å². The number of carboxylic acids is 1. The molecule has 3 aromatic carbocycles. The summed E-state index contributed by atoms with van der Waals surface area (Å²) < 4.78 is 0. The number of aromatic nitrogens is 1. The Labute approximate surface area is 203 Å². The summed E-state index contributed by atoms with van der Waals surface area (Å²) in [6.45, 7) is 0. The Morgan fingerprint density at radius 2 is 1.79 bits per heavy atom. The van der Waals surface area contributed by atoms with Crippen LogP contribution < -0.4 is 5.32 Å². The van der Waals surface area contributed by atoms with Crippen LogP contribution in [0.4, 0.5) is 0 Å². The van der Waals surface area contributed by atoms with Gasteiger partial charge in [0.15, 0.2) is 0 Å². The minimum atomic E-state index is -1.04. The average Bonchev–Trinajstić information content (AvgIpc) is 3.25. The Balaban J connectivity index is 1.30. The van der Waals surface area contributed by atoms with Gasteiger partial charge in [-0.3, -0.25) is 4.79 Å². The number of rotatable bonds is 8. The summed E-state index contributed by atoms with van der Waals surface area (Å²) >= 11 is 4.45. The zero-order valence-electron chi connectivity index (χ0n) is 18.6. The predicted octanol–water partition coefficient (Wildman–Crippen LogP) is 4.83. The fourth-order valence-corrected chi connectivity index (χ4v) is 5.34. The van der Waals surface area contributed by atoms with Gasteiger partial charge in [-0.05, 0) is 40.3 Å². The molecule has 0 fully saturated rings. The number of hydrogen-bond donors (Lipinski definition) is 4. The molecule has 172 valence electrons. The van der Waals surface area contributed by atoms with E-state index in [1.165, 1.54) is 11.1 Å². The van der Waals surface area contributed by atoms with E-state index in [4.69, 9.17) is 0 Å². The van der Waals surface area contributed by atoms with Crippen LogP contribution in [0.15, 0.2) is 79.0 Å². The smallest absolute Gasteiger partial charge is 0.326 e. The summed E-state index contributed by atoms with van der Waals surface area (Å²) in [7, 11) is 0. The number of hydrogen-bond acceptors (Lipinski definition) is 3. The molecule has 34 heavy (non-hydrogen) atoms. The topological polar surface area (TPSA) is 82.2 Å². The molecule has 4 aromatic rings. The van der Waals surface area contributed by atoms with Crippen LogP contribution in [0.5, 0.6) is 0 Å². The second kappa shape index (κ2) is 9.39. The number of amides is 1. The van der Waals surface area contributed by atoms with E-state index in [-0.39, 0.29) is 24.2 Å². The van der Waals surface area contributed by atoms with E-state index in [9.17, 15) is 14.7 Å². The van der Waals surface area contributed by atoms with Crippen molar-refractivity contribution in [3.8, 4) is 11.1 Å². The highest BCUT2D eigenvalue weighted by Crippen LogP contribution is 2.42. The third-order valence-electron chi connectivity index (χ3n) is 6.82. The highest BCUT2D eigenvalue weighted by atomic mass is 32.1. The lowest BCUT2D eigenvalue weighted by atomic mass is 9.70. The third-order valence-corrected chi connectivity index (χ3v) is 7.22. The maximum absolute atomic E-state index is 13.2. The number of H-pyrrole nitrogens is 1. The standard InChI is InChI=1S/C28H26N2O3S/c31-27(30-26(28(32)33)14-20-15-29-25-9-5-4-8-22(20)25)24(16-34)23-13-19-12-18(10-11-21(19)23)17-6-2-1-3-7-17/h1-12,15,23-24,26,29,34H,13-14,16H2,(H,30,31)(H,32,33)/t23-,24+,26+/m1/s1. The predicted molar refractivity (Wildman–Crippen MR) is 137 cm³/mol. The summed E-state index contributed by atoms with van der Waals surface area (Å²) in [5.41, 5.74) is 6.53. The number of fused-ring (bicyclic) bond motifs is 2. The molecule has 0 saturated carbocycles. The van der Waals surface area contributed by atoms with Crippen LogP contribution in [0.1, 0.15) is 22.6 Å². The summed E-state index contributed by atoms with van der Waals surface area (Å²) in [5.74, 6) is -1.29. The fraction of sp³-hybridized carbons (Fsp3) is 0.214. The van der Waals surface area contributed by atoms with E-state index in [2.05, 4.69) is 53.3 Å². The lowest BCUT2D eigenvalue weighted by molar-refractivity contribution is -0.142. The quantitative estimate of drug-likeness (QED) is 0.278. The van der Waals surface area contributed by atoms with Crippen molar-refractivity contribution in [3.05, 3.63) is 95.7 Å². The Bertz CT molecular complexity index is 1350. The first-order valence-corrected chi connectivity index (χ1v) is 12.1. The highest BCUT2D eigenvalue weighted by molar-refractivity contribution is 7.80. The summed E-state index contributed by atoms with van der Waals surface area (Å²) in [6.07, 6.45) is 2.82. The Hall–Kier alpha value is -3.51. The number of thiol groups is 1. The molecule has 0 spiro atoms. The zero-order chi connectivity index (χ0) is 23.7. The van der Waals surface area contributed by atoms with Gasteiger partial charge in [-0.15, -0.1) is 0 Å². The summed E-state index contributed by atoms with van der Waals surface area (Å²) in [6, 6.07) is 23.3. The molecule has 3 atom stereocenters. The maximum Gasteiger partial charge on any atom is 0.326 e. The Kier molecular flexibility index (Phi) is 6.16. The molecule has 0 bridgehead atoms. The van der Waals surface area contributed by atoms with Crippen molar-refractivity contribution in [1.82, 2.24) is 10.3 Å². The molecule has 1 aliphatic rings. The van der Waals surface area contributed by atoms with Crippen LogP contribution in [-0.2, 0) is 22.4 Å². The van der Waals surface area contributed by atoms with Crippen molar-refractivity contribution in [2.45, 2.75) is 24.8 Å². The lowest BCUT2D eigenvalue weighted by Gasteiger charge is -2.36. The molecule has 1 amide bonds. The lowest BCUT2D eigenvalue weighted by Crippen LogP contribution is -2.47. The number of benzene rings is 3. The van der Waals surface area contributed by atoms with Gasteiger partial charge in [0.25, 0.3) is 0 Å². The number of para-hydroxylation sites is 1. The Morgan fingerprint density at radius 1 is 1.03 bits per heavy atom. The monoisotopic (exact) mass is 470 g/mol. The molecule has 1 aliphatic carbocycles. The Morgan fingerprint density at radius 3 is 2.53 bits per heavy atom. The van der Waals surface area contributed by atoms with Gasteiger partial charge in [0.1, 0.15) is 6.04 Å². The number of carboxylic acid groups (broad SMARTS) is 1. The summed E-state index contributed by atoms with van der Waals surface area (Å²) in [4.78, 5) is 28.3. The minimum Gasteiger partial charge on any atom is -0.480 e. The molecule has 1 aromatic heterocycles. The fourth-order valence-electron chi connectivity index (χ4n) is 4.92. The van der Waals surface area contributed by atoms with Crippen LogP contribution in [0.2, 0.25) is 0 Å². The van der Waals surface area contributed by atoms with E-state index in [1.54, 1.807) is 0 Å². The summed E-state index contributed by atoms with van der Waals surface area (Å²) in [5, 5.41) is 13.6. The van der Waals surface area contributed by atoms with Crippen molar-refractivity contribution in [2.24, 2.45) is 5.92 Å². The van der Waals surface area contributed by atoms with Crippen molar-refractivity contribution >= 4 is 35.4 Å². The van der Waals surface area contributed by atoms with E-state index in [0.717, 1.165) is 34.0 Å². The molecule has 0 radical (unpaired) electrons. The molecule has 5 nitrogen and oxygen atoms in total. The SMILES string of the molecule is O=C(O)[C@H](Cc1c[nH]c2ccccc12)NC(=O)[C@@H](CS)[C@@H]1Cc2cc(-c3ccccc3)ccc21. The molecular weight excluding hydrogens is 444 g/mol. The first kappa shape index (κ1) is 22.3. The van der Waals surface area contributed by atoms with Gasteiger partial charge in [-0.2, -0.15) is 12.6 Å². The molecular formula is C28H26N2O3S. The first-order valence-electron chi connectivity index (χ1n) is 11.4. The molecule has 5 rings (SSSR count). The van der Waals surface area contributed by atoms with Crippen LogP contribution in [-0.4, -0.2) is 33.8 Å². The van der Waals surface area contributed by atoms with Gasteiger partial charge >= 0.3 is 5.97 Å². The number of carbonyl (C=O) groups excluding carboxylic acids is 1. The van der Waals surface area contributed by atoms with Crippen molar-refractivity contribution < 1.29 is 14.7 Å². The van der Waals surface area contributed by atoms with E-state index in [1.807, 2.05) is 48.7 Å². The molecule has 0 saturated heterocycles. The largest absolute Gasteiger partial charge is 0.480 e. The van der Waals surface area contributed by atoms with Crippen LogP contribution in [0, 0.1) is 5.92 Å². The van der Waals surface area contributed by atoms with Gasteiger partial charge in [0.2, 0.25) is 5.91 Å². The molecule has 0 aliphatic heterocycles. The van der Waals surface area contributed by atoms with Gasteiger partial charge in [0.05, 0.1) is 5.92 Å². The van der Waals surface area contributed by atoms with E-state index < -0.39 is 12.0 Å². The number of aromatic amines is 1. The number of nitrogens with one attached hydrogen (secondary N) is 2. The molecule has 6 heteroatoms. The molecule has 0 unspecified atom stereocenters. The van der Waals surface area contributed by atoms with Crippen LogP contribution >= 0.6 is 12.6 Å². The molecule has 3 N–H and O–H groups in total. The zero-order valence-corrected chi connectivity index (χ0v) is 19.5. The van der Waals surface area contributed by atoms with Crippen molar-refractivity contribution in [2.75, 3.05) is 5.75 Å². The van der Waals surface area contributed by atoms with Crippen molar-refractivity contribution in [3.63, 3.8) is 0 Å². The number of aliphatic carboxylic acids is 1.